The molecule has 2 rings (SSSR count). The third-order valence-electron chi connectivity index (χ3n) is 2.36. The Balaban J connectivity index is 2.17. The SMILES string of the molecule is Cc1cnc(CNS(=O)(=O)c2c[nH]ccc2=O)cn1. The second kappa shape index (κ2) is 5.29. The van der Waals surface area contributed by atoms with Crippen LogP contribution >= 0.6 is 0 Å². The van der Waals surface area contributed by atoms with Crippen LogP contribution in [0.4, 0.5) is 0 Å². The smallest absolute Gasteiger partial charge is 0.246 e. The molecule has 0 spiro atoms. The normalized spacial score (nSPS) is 11.4. The topological polar surface area (TPSA) is 105 Å². The van der Waals surface area contributed by atoms with Gasteiger partial charge in [-0.3, -0.25) is 14.8 Å². The Hall–Kier alpha value is -2.06. The maximum absolute atomic E-state index is 11.9. The molecule has 0 saturated heterocycles. The number of H-pyrrole nitrogens is 1. The van der Waals surface area contributed by atoms with Gasteiger partial charge in [0.25, 0.3) is 0 Å². The first-order valence-electron chi connectivity index (χ1n) is 5.43. The summed E-state index contributed by atoms with van der Waals surface area (Å²) in [5.41, 5.74) is 0.647. The van der Waals surface area contributed by atoms with Gasteiger partial charge in [0, 0.05) is 24.7 Å². The summed E-state index contributed by atoms with van der Waals surface area (Å²) in [6.07, 6.45) is 5.53. The zero-order chi connectivity index (χ0) is 13.9. The van der Waals surface area contributed by atoms with E-state index in [0.29, 0.717) is 5.69 Å². The number of aryl methyl sites for hydroxylation is 1. The van der Waals surface area contributed by atoms with Gasteiger partial charge in [-0.1, -0.05) is 0 Å². The molecule has 0 saturated carbocycles. The van der Waals surface area contributed by atoms with E-state index in [1.807, 2.05) is 0 Å². The highest BCUT2D eigenvalue weighted by Gasteiger charge is 2.17. The van der Waals surface area contributed by atoms with E-state index in [-0.39, 0.29) is 11.4 Å². The van der Waals surface area contributed by atoms with Crippen LogP contribution in [0, 0.1) is 6.92 Å². The Morgan fingerprint density at radius 2 is 2.11 bits per heavy atom. The summed E-state index contributed by atoms with van der Waals surface area (Å²) in [5.74, 6) is 0. The van der Waals surface area contributed by atoms with Gasteiger partial charge in [-0.15, -0.1) is 0 Å². The van der Waals surface area contributed by atoms with Crippen molar-refractivity contribution >= 4 is 10.0 Å². The minimum Gasteiger partial charge on any atom is -0.366 e. The molecule has 2 aromatic heterocycles. The number of aromatic amines is 1. The van der Waals surface area contributed by atoms with E-state index in [1.54, 1.807) is 13.1 Å². The van der Waals surface area contributed by atoms with Crippen molar-refractivity contribution in [1.29, 1.82) is 0 Å². The Morgan fingerprint density at radius 1 is 1.32 bits per heavy atom. The monoisotopic (exact) mass is 280 g/mol. The number of sulfonamides is 1. The van der Waals surface area contributed by atoms with Gasteiger partial charge in [-0.2, -0.15) is 0 Å². The number of hydrogen-bond acceptors (Lipinski definition) is 5. The fourth-order valence-electron chi connectivity index (χ4n) is 1.37. The number of nitrogens with one attached hydrogen (secondary N) is 2. The lowest BCUT2D eigenvalue weighted by Crippen LogP contribution is -2.28. The first kappa shape index (κ1) is 13.4. The quantitative estimate of drug-likeness (QED) is 0.817. The maximum atomic E-state index is 11.9. The molecule has 19 heavy (non-hydrogen) atoms. The third kappa shape index (κ3) is 3.24. The van der Waals surface area contributed by atoms with Gasteiger partial charge in [-0.25, -0.2) is 13.1 Å². The van der Waals surface area contributed by atoms with Crippen LogP contribution in [0.15, 0.2) is 40.5 Å². The predicted molar refractivity (Wildman–Crippen MR) is 67.9 cm³/mol. The zero-order valence-electron chi connectivity index (χ0n) is 10.1. The van der Waals surface area contributed by atoms with Crippen molar-refractivity contribution in [2.75, 3.05) is 0 Å². The lowest BCUT2D eigenvalue weighted by molar-refractivity contribution is 0.579. The summed E-state index contributed by atoms with van der Waals surface area (Å²) in [4.78, 5) is 21.7. The molecular weight excluding hydrogens is 268 g/mol. The highest BCUT2D eigenvalue weighted by molar-refractivity contribution is 7.89. The molecule has 0 radical (unpaired) electrons. The van der Waals surface area contributed by atoms with E-state index in [4.69, 9.17) is 0 Å². The summed E-state index contributed by atoms with van der Waals surface area (Å²) >= 11 is 0. The Morgan fingerprint density at radius 3 is 2.74 bits per heavy atom. The number of nitrogens with zero attached hydrogens (tertiary/aromatic N) is 2. The van der Waals surface area contributed by atoms with Crippen LogP contribution in [0.5, 0.6) is 0 Å². The van der Waals surface area contributed by atoms with Gasteiger partial charge in [0.05, 0.1) is 24.1 Å². The molecule has 2 aromatic rings. The van der Waals surface area contributed by atoms with E-state index < -0.39 is 15.5 Å². The van der Waals surface area contributed by atoms with Crippen molar-refractivity contribution in [3.8, 4) is 0 Å². The van der Waals surface area contributed by atoms with Crippen LogP contribution < -0.4 is 10.2 Å². The number of rotatable bonds is 4. The van der Waals surface area contributed by atoms with E-state index >= 15 is 0 Å². The van der Waals surface area contributed by atoms with Crippen molar-refractivity contribution in [2.24, 2.45) is 0 Å². The van der Waals surface area contributed by atoms with Crippen LogP contribution in [0.1, 0.15) is 11.4 Å². The van der Waals surface area contributed by atoms with Gasteiger partial charge < -0.3 is 4.98 Å². The summed E-state index contributed by atoms with van der Waals surface area (Å²) in [6, 6.07) is 1.15. The minimum atomic E-state index is -3.86. The van der Waals surface area contributed by atoms with Crippen molar-refractivity contribution < 1.29 is 8.42 Å². The first-order chi connectivity index (χ1) is 8.99. The molecule has 2 heterocycles. The molecule has 0 aliphatic rings. The Labute approximate surface area is 109 Å². The maximum Gasteiger partial charge on any atom is 0.246 e. The molecule has 0 atom stereocenters. The van der Waals surface area contributed by atoms with Crippen molar-refractivity contribution in [1.82, 2.24) is 19.7 Å². The molecule has 0 unspecified atom stereocenters. The highest BCUT2D eigenvalue weighted by atomic mass is 32.2. The average Bonchev–Trinajstić information content (AvgIpc) is 2.38. The van der Waals surface area contributed by atoms with Crippen molar-refractivity contribution in [3.05, 3.63) is 52.5 Å². The third-order valence-corrected chi connectivity index (χ3v) is 3.78. The highest BCUT2D eigenvalue weighted by Crippen LogP contribution is 2.01. The van der Waals surface area contributed by atoms with Gasteiger partial charge in [-0.05, 0) is 6.92 Å². The number of aromatic nitrogens is 3. The summed E-state index contributed by atoms with van der Waals surface area (Å²) in [5, 5.41) is 0. The molecule has 100 valence electrons. The van der Waals surface area contributed by atoms with Crippen LogP contribution in [-0.4, -0.2) is 23.4 Å². The number of pyridine rings is 1. The molecule has 0 bridgehead atoms. The lowest BCUT2D eigenvalue weighted by Gasteiger charge is -2.05. The zero-order valence-corrected chi connectivity index (χ0v) is 10.9. The summed E-state index contributed by atoms with van der Waals surface area (Å²) < 4.78 is 26.1. The van der Waals surface area contributed by atoms with E-state index in [0.717, 1.165) is 18.0 Å². The molecule has 0 amide bonds. The molecular formula is C11H12N4O3S. The van der Waals surface area contributed by atoms with Gasteiger partial charge >= 0.3 is 0 Å². The molecule has 0 aliphatic carbocycles. The summed E-state index contributed by atoms with van der Waals surface area (Å²) in [7, 11) is -3.86. The van der Waals surface area contributed by atoms with Crippen LogP contribution in [0.3, 0.4) is 0 Å². The van der Waals surface area contributed by atoms with E-state index in [2.05, 4.69) is 19.7 Å². The predicted octanol–water partition coefficient (Wildman–Crippen LogP) is -0.0482. The molecule has 7 nitrogen and oxygen atoms in total. The van der Waals surface area contributed by atoms with Crippen molar-refractivity contribution in [3.63, 3.8) is 0 Å². The minimum absolute atomic E-state index is 0.0239. The van der Waals surface area contributed by atoms with Crippen LogP contribution in [0.2, 0.25) is 0 Å². The second-order valence-corrected chi connectivity index (χ2v) is 5.58. The molecule has 0 aliphatic heterocycles. The van der Waals surface area contributed by atoms with Gasteiger partial charge in [0.15, 0.2) is 0 Å². The Bertz CT molecular complexity index is 722. The summed E-state index contributed by atoms with van der Waals surface area (Å²) in [6.45, 7) is 1.76. The van der Waals surface area contributed by atoms with E-state index in [9.17, 15) is 13.2 Å². The molecule has 0 fully saturated rings. The second-order valence-electron chi connectivity index (χ2n) is 3.85. The van der Waals surface area contributed by atoms with Crippen molar-refractivity contribution in [2.45, 2.75) is 18.4 Å². The largest absolute Gasteiger partial charge is 0.366 e. The van der Waals surface area contributed by atoms with Gasteiger partial charge in [0.2, 0.25) is 15.5 Å². The van der Waals surface area contributed by atoms with Crippen LogP contribution in [-0.2, 0) is 16.6 Å². The fraction of sp³-hybridized carbons (Fsp3) is 0.182. The Kier molecular flexibility index (Phi) is 3.72. The lowest BCUT2D eigenvalue weighted by atomic mass is 10.4. The first-order valence-corrected chi connectivity index (χ1v) is 6.91. The fourth-order valence-corrected chi connectivity index (χ4v) is 2.42. The molecule has 8 heteroatoms. The number of hydrogen-bond donors (Lipinski definition) is 2. The standard InChI is InChI=1S/C11H12N4O3S/c1-8-4-14-9(5-13-8)6-15-19(17,18)11-7-12-3-2-10(11)16/h2-5,7,15H,6H2,1H3,(H,12,16). The molecule has 2 N–H and O–H groups in total. The average molecular weight is 280 g/mol. The van der Waals surface area contributed by atoms with Crippen LogP contribution in [0.25, 0.3) is 0 Å². The van der Waals surface area contributed by atoms with E-state index in [1.165, 1.54) is 12.4 Å². The molecule has 0 aromatic carbocycles. The van der Waals surface area contributed by atoms with Gasteiger partial charge in [0.1, 0.15) is 4.90 Å².